The minimum atomic E-state index is -1.92. The van der Waals surface area contributed by atoms with Crippen LogP contribution in [-0.2, 0) is 20.5 Å². The largest absolute Gasteiger partial charge is 0.467 e. The van der Waals surface area contributed by atoms with Gasteiger partial charge < -0.3 is 4.74 Å². The Labute approximate surface area is 121 Å². The number of methoxy groups -OCH3 is 1. The Bertz CT molecular complexity index is 473. The summed E-state index contributed by atoms with van der Waals surface area (Å²) in [7, 11) is -0.382. The van der Waals surface area contributed by atoms with E-state index < -0.39 is 33.9 Å². The smallest absolute Gasteiger partial charge is 0.342 e. The van der Waals surface area contributed by atoms with Gasteiger partial charge in [0.2, 0.25) is 6.17 Å². The molecule has 0 radical (unpaired) electrons. The Morgan fingerprint density at radius 3 is 2.30 bits per heavy atom. The van der Waals surface area contributed by atoms with Gasteiger partial charge in [-0.05, 0) is 26.3 Å². The second-order valence-electron chi connectivity index (χ2n) is 5.31. The molecule has 3 atom stereocenters. The Morgan fingerprint density at radius 2 is 1.85 bits per heavy atom. The Balaban J connectivity index is 3.03. The third kappa shape index (κ3) is 4.38. The first kappa shape index (κ1) is 16.8. The maximum absolute atomic E-state index is 14.2. The van der Waals surface area contributed by atoms with Crippen LogP contribution in [0.3, 0.4) is 0 Å². The highest BCUT2D eigenvalue weighted by Crippen LogP contribution is 2.23. The van der Waals surface area contributed by atoms with Crippen molar-refractivity contribution < 1.29 is 18.1 Å². The first-order valence-corrected chi connectivity index (χ1v) is 7.37. The molecule has 6 heteroatoms. The van der Waals surface area contributed by atoms with E-state index in [0.29, 0.717) is 5.56 Å². The van der Waals surface area contributed by atoms with Crippen molar-refractivity contribution in [2.24, 2.45) is 0 Å². The molecule has 0 aliphatic heterocycles. The number of ether oxygens (including phenoxy) is 1. The maximum Gasteiger partial charge on any atom is 0.342 e. The molecular formula is C14H20FNO3S. The summed E-state index contributed by atoms with van der Waals surface area (Å²) in [6.45, 7) is 5.30. The number of halogens is 1. The lowest BCUT2D eigenvalue weighted by Crippen LogP contribution is -2.41. The van der Waals surface area contributed by atoms with E-state index in [0.717, 1.165) is 7.11 Å². The van der Waals surface area contributed by atoms with E-state index in [1.54, 1.807) is 51.1 Å². The topological polar surface area (TPSA) is 55.4 Å². The van der Waals surface area contributed by atoms with Crippen LogP contribution in [-0.4, -0.2) is 28.2 Å². The average molecular weight is 301 g/mol. The molecule has 112 valence electrons. The third-order valence-corrected chi connectivity index (χ3v) is 4.25. The van der Waals surface area contributed by atoms with Gasteiger partial charge in [-0.15, -0.1) is 0 Å². The van der Waals surface area contributed by atoms with Crippen molar-refractivity contribution >= 4 is 17.0 Å². The van der Waals surface area contributed by atoms with Crippen LogP contribution >= 0.6 is 0 Å². The van der Waals surface area contributed by atoms with Gasteiger partial charge in [-0.3, -0.25) is 0 Å². The van der Waals surface area contributed by atoms with Gasteiger partial charge in [0.05, 0.1) is 28.9 Å². The molecule has 0 spiro atoms. The van der Waals surface area contributed by atoms with Crippen LogP contribution in [0.15, 0.2) is 30.3 Å². The molecule has 1 aromatic carbocycles. The van der Waals surface area contributed by atoms with Gasteiger partial charge in [-0.1, -0.05) is 30.3 Å². The summed E-state index contributed by atoms with van der Waals surface area (Å²) in [4.78, 5) is 11.4. The molecule has 4 nitrogen and oxygen atoms in total. The Kier molecular flexibility index (Phi) is 5.83. The molecule has 0 unspecified atom stereocenters. The quantitative estimate of drug-likeness (QED) is 0.849. The van der Waals surface area contributed by atoms with Gasteiger partial charge in [-0.25, -0.2) is 18.1 Å². The molecule has 0 fully saturated rings. The molecule has 0 amide bonds. The van der Waals surface area contributed by atoms with Crippen molar-refractivity contribution in [3.05, 3.63) is 35.9 Å². The molecule has 0 saturated heterocycles. The van der Waals surface area contributed by atoms with Crippen molar-refractivity contribution in [2.75, 3.05) is 7.11 Å². The molecule has 0 aliphatic rings. The van der Waals surface area contributed by atoms with Crippen LogP contribution in [0.4, 0.5) is 4.39 Å². The molecule has 20 heavy (non-hydrogen) atoms. The first-order chi connectivity index (χ1) is 9.27. The van der Waals surface area contributed by atoms with Crippen molar-refractivity contribution in [1.82, 2.24) is 4.72 Å². The lowest BCUT2D eigenvalue weighted by atomic mass is 10.0. The van der Waals surface area contributed by atoms with Gasteiger partial charge in [0.1, 0.15) is 0 Å². The molecular weight excluding hydrogens is 281 g/mol. The van der Waals surface area contributed by atoms with Crippen molar-refractivity contribution in [2.45, 2.75) is 37.7 Å². The number of alkyl halides is 1. The Morgan fingerprint density at radius 1 is 1.30 bits per heavy atom. The zero-order valence-electron chi connectivity index (χ0n) is 12.1. The number of benzene rings is 1. The van der Waals surface area contributed by atoms with Crippen LogP contribution in [0, 0.1) is 0 Å². The summed E-state index contributed by atoms with van der Waals surface area (Å²) in [5, 5.41) is 0. The molecule has 0 saturated carbocycles. The summed E-state index contributed by atoms with van der Waals surface area (Å²) in [5.41, 5.74) is 0.544. The third-order valence-electron chi connectivity index (χ3n) is 2.67. The van der Waals surface area contributed by atoms with E-state index in [-0.39, 0.29) is 0 Å². The molecule has 1 N–H and O–H groups in total. The van der Waals surface area contributed by atoms with Gasteiger partial charge >= 0.3 is 5.97 Å². The van der Waals surface area contributed by atoms with Gasteiger partial charge in [0, 0.05) is 0 Å². The van der Waals surface area contributed by atoms with E-state index in [9.17, 15) is 13.4 Å². The van der Waals surface area contributed by atoms with Crippen LogP contribution < -0.4 is 4.72 Å². The highest BCUT2D eigenvalue weighted by Gasteiger charge is 2.33. The summed E-state index contributed by atoms with van der Waals surface area (Å²) >= 11 is 0. The monoisotopic (exact) mass is 301 g/mol. The minimum absolute atomic E-state index is 0.544. The number of nitrogens with one attached hydrogen (secondary N) is 1. The predicted octanol–water partition coefficient (Wildman–Crippen LogP) is 2.29. The number of carbonyl (C=O) groups is 1. The summed E-state index contributed by atoms with van der Waals surface area (Å²) in [5.74, 6) is -0.989. The zero-order valence-corrected chi connectivity index (χ0v) is 12.9. The lowest BCUT2D eigenvalue weighted by molar-refractivity contribution is -0.147. The van der Waals surface area contributed by atoms with Crippen LogP contribution in [0.1, 0.15) is 32.4 Å². The maximum atomic E-state index is 14.2. The van der Waals surface area contributed by atoms with E-state index in [2.05, 4.69) is 9.46 Å². The number of esters is 1. The average Bonchev–Trinajstić information content (AvgIpc) is 2.42. The summed E-state index contributed by atoms with van der Waals surface area (Å²) in [6.07, 6.45) is -1.92. The van der Waals surface area contributed by atoms with Gasteiger partial charge in [0.25, 0.3) is 0 Å². The minimum Gasteiger partial charge on any atom is -0.467 e. The van der Waals surface area contributed by atoms with Crippen LogP contribution in [0.25, 0.3) is 0 Å². The molecule has 0 aromatic heterocycles. The van der Waals surface area contributed by atoms with Crippen molar-refractivity contribution in [3.63, 3.8) is 0 Å². The number of rotatable bonds is 5. The van der Waals surface area contributed by atoms with Gasteiger partial charge in [0.15, 0.2) is 0 Å². The number of hydrogen-bond acceptors (Lipinski definition) is 3. The second-order valence-corrected chi connectivity index (χ2v) is 7.31. The lowest BCUT2D eigenvalue weighted by Gasteiger charge is -2.25. The van der Waals surface area contributed by atoms with Crippen molar-refractivity contribution in [1.29, 1.82) is 0 Å². The van der Waals surface area contributed by atoms with Crippen molar-refractivity contribution in [3.8, 4) is 0 Å². The first-order valence-electron chi connectivity index (χ1n) is 6.22. The molecule has 0 heterocycles. The predicted molar refractivity (Wildman–Crippen MR) is 77.1 cm³/mol. The van der Waals surface area contributed by atoms with Gasteiger partial charge in [-0.2, -0.15) is 0 Å². The molecule has 0 bridgehead atoms. The van der Waals surface area contributed by atoms with E-state index in [1.807, 2.05) is 0 Å². The standard InChI is InChI=1S/C14H20FNO3S/c1-14(2,3)20(18)16-12(11(15)13(17)19-4)10-8-6-5-7-9-10/h5-9,11-12,16H,1-4H3/t11-,12+,20-/m1/s1. The van der Waals surface area contributed by atoms with E-state index in [1.165, 1.54) is 0 Å². The Hall–Kier alpha value is -1.27. The van der Waals surface area contributed by atoms with E-state index >= 15 is 0 Å². The molecule has 0 aliphatic carbocycles. The highest BCUT2D eigenvalue weighted by molar-refractivity contribution is 7.84. The normalized spacial score (nSPS) is 16.2. The summed E-state index contributed by atoms with van der Waals surface area (Å²) < 4.78 is 32.9. The molecule has 1 rings (SSSR count). The summed E-state index contributed by atoms with van der Waals surface area (Å²) in [6, 6.07) is 7.58. The fourth-order valence-corrected chi connectivity index (χ4v) is 2.34. The van der Waals surface area contributed by atoms with E-state index in [4.69, 9.17) is 0 Å². The zero-order chi connectivity index (χ0) is 15.3. The fraction of sp³-hybridized carbons (Fsp3) is 0.500. The molecule has 1 aromatic rings. The number of hydrogen-bond donors (Lipinski definition) is 1. The highest BCUT2D eigenvalue weighted by atomic mass is 32.2. The SMILES string of the molecule is COC(=O)[C@H](F)[C@@H](N[S@](=O)C(C)(C)C)c1ccccc1. The second kappa shape index (κ2) is 6.95. The van der Waals surface area contributed by atoms with Crippen LogP contribution in [0.2, 0.25) is 0 Å². The van der Waals surface area contributed by atoms with Crippen LogP contribution in [0.5, 0.6) is 0 Å². The fourth-order valence-electron chi connectivity index (χ4n) is 1.50. The number of carbonyl (C=O) groups excluding carboxylic acids is 1.